The topological polar surface area (TPSA) is 18.5 Å². The Morgan fingerprint density at radius 2 is 1.68 bits per heavy atom. The van der Waals surface area contributed by atoms with Crippen LogP contribution in [0.5, 0.6) is 17.2 Å². The Hall–Kier alpha value is -2.51. The van der Waals surface area contributed by atoms with Crippen molar-refractivity contribution in [1.29, 1.82) is 0 Å². The number of rotatable bonds is 7. The van der Waals surface area contributed by atoms with Gasteiger partial charge in [-0.15, -0.1) is 11.3 Å². The number of benzene rings is 3. The van der Waals surface area contributed by atoms with Gasteiger partial charge in [0.15, 0.2) is 5.75 Å². The molecule has 0 bridgehead atoms. The van der Waals surface area contributed by atoms with E-state index in [1.54, 1.807) is 24.3 Å². The largest absolute Gasteiger partial charge is 0.493 e. The zero-order chi connectivity index (χ0) is 22.0. The zero-order valence-electron chi connectivity index (χ0n) is 16.5. The first-order chi connectivity index (χ1) is 14.9. The summed E-state index contributed by atoms with van der Waals surface area (Å²) >= 11 is 4.65. The van der Waals surface area contributed by atoms with Crippen LogP contribution in [0, 0.1) is 5.82 Å². The third kappa shape index (κ3) is 4.72. The number of fused-ring (bicyclic) bond motifs is 1. The van der Waals surface area contributed by atoms with Crippen LogP contribution in [0.25, 0.3) is 20.5 Å². The summed E-state index contributed by atoms with van der Waals surface area (Å²) in [6.07, 6.45) is 0. The lowest BCUT2D eigenvalue weighted by molar-refractivity contribution is 0.0178. The fraction of sp³-hybridized carbons (Fsp3) is 0.167. The van der Waals surface area contributed by atoms with Gasteiger partial charge in [-0.05, 0) is 48.5 Å². The summed E-state index contributed by atoms with van der Waals surface area (Å²) in [4.78, 5) is 0.525. The van der Waals surface area contributed by atoms with Gasteiger partial charge in [0.2, 0.25) is 0 Å². The second-order valence-electron chi connectivity index (χ2n) is 6.95. The molecule has 0 N–H and O–H groups in total. The van der Waals surface area contributed by atoms with Crippen molar-refractivity contribution < 1.29 is 22.6 Å². The molecule has 7 heteroatoms. The van der Waals surface area contributed by atoms with E-state index in [1.807, 2.05) is 24.3 Å². The van der Waals surface area contributed by atoms with Crippen molar-refractivity contribution in [2.45, 2.75) is 12.8 Å². The Balaban J connectivity index is 1.81. The predicted octanol–water partition coefficient (Wildman–Crippen LogP) is 8.39. The van der Waals surface area contributed by atoms with Crippen molar-refractivity contribution in [3.63, 3.8) is 0 Å². The predicted molar refractivity (Wildman–Crippen MR) is 123 cm³/mol. The van der Waals surface area contributed by atoms with E-state index in [2.05, 4.69) is 15.9 Å². The number of hydrogen-bond acceptors (Lipinski definition) is 3. The van der Waals surface area contributed by atoms with E-state index in [9.17, 15) is 13.2 Å². The normalized spacial score (nSPS) is 11.6. The first kappa shape index (κ1) is 21.7. The van der Waals surface area contributed by atoms with Crippen LogP contribution in [0.4, 0.5) is 13.2 Å². The minimum Gasteiger partial charge on any atom is -0.493 e. The van der Waals surface area contributed by atoms with Gasteiger partial charge in [0.1, 0.15) is 17.3 Å². The molecule has 0 spiro atoms. The quantitative estimate of drug-likeness (QED) is 0.234. The van der Waals surface area contributed by atoms with Crippen LogP contribution in [0.2, 0.25) is 0 Å². The summed E-state index contributed by atoms with van der Waals surface area (Å²) < 4.78 is 55.1. The Bertz CT molecular complexity index is 1200. The summed E-state index contributed by atoms with van der Waals surface area (Å²) in [5, 5.41) is 1.52. The third-order valence-corrected chi connectivity index (χ3v) is 6.15. The minimum atomic E-state index is -3.21. The van der Waals surface area contributed by atoms with Gasteiger partial charge in [-0.25, -0.2) is 13.2 Å². The van der Waals surface area contributed by atoms with Crippen LogP contribution in [-0.4, -0.2) is 11.9 Å². The van der Waals surface area contributed by atoms with E-state index in [0.717, 1.165) is 28.4 Å². The van der Waals surface area contributed by atoms with Crippen molar-refractivity contribution in [3.05, 3.63) is 78.1 Å². The first-order valence-corrected chi connectivity index (χ1v) is 11.5. The summed E-state index contributed by atoms with van der Waals surface area (Å²) in [5.41, 5.74) is -0.121. The van der Waals surface area contributed by atoms with Gasteiger partial charge in [0.25, 0.3) is 5.92 Å². The van der Waals surface area contributed by atoms with Crippen molar-refractivity contribution in [2.24, 2.45) is 0 Å². The number of hydrogen-bond donors (Lipinski definition) is 0. The molecule has 0 aliphatic heterocycles. The summed E-state index contributed by atoms with van der Waals surface area (Å²) in [7, 11) is 0. The van der Waals surface area contributed by atoms with Crippen molar-refractivity contribution in [2.75, 3.05) is 11.9 Å². The lowest BCUT2D eigenvalue weighted by Gasteiger charge is -2.16. The molecule has 0 aliphatic rings. The zero-order valence-corrected chi connectivity index (χ0v) is 18.9. The molecule has 0 unspecified atom stereocenters. The minimum absolute atomic E-state index is 0.252. The molecule has 0 aliphatic carbocycles. The summed E-state index contributed by atoms with van der Waals surface area (Å²) in [6.45, 7) is 1.31. The molecule has 31 heavy (non-hydrogen) atoms. The molecule has 3 aromatic carbocycles. The SMILES string of the molecule is CC(F)(F)c1cc(F)ccc1-c1sc2ccccc2c1Oc1ccc(OCCBr)cc1. The highest BCUT2D eigenvalue weighted by atomic mass is 79.9. The molecule has 1 heterocycles. The van der Waals surface area contributed by atoms with Crippen LogP contribution >= 0.6 is 27.3 Å². The highest BCUT2D eigenvalue weighted by Crippen LogP contribution is 2.49. The molecule has 1 aromatic heterocycles. The Kier molecular flexibility index (Phi) is 6.25. The Morgan fingerprint density at radius 3 is 2.39 bits per heavy atom. The first-order valence-electron chi connectivity index (χ1n) is 9.53. The van der Waals surface area contributed by atoms with Gasteiger partial charge >= 0.3 is 0 Å². The second kappa shape index (κ2) is 8.93. The molecular weight excluding hydrogens is 489 g/mol. The molecule has 0 radical (unpaired) electrons. The van der Waals surface area contributed by atoms with E-state index in [-0.39, 0.29) is 11.1 Å². The van der Waals surface area contributed by atoms with Gasteiger partial charge in [-0.1, -0.05) is 34.1 Å². The van der Waals surface area contributed by atoms with Gasteiger partial charge in [-0.3, -0.25) is 0 Å². The van der Waals surface area contributed by atoms with E-state index in [1.165, 1.54) is 23.5 Å². The highest BCUT2D eigenvalue weighted by molar-refractivity contribution is 9.09. The van der Waals surface area contributed by atoms with E-state index < -0.39 is 11.7 Å². The van der Waals surface area contributed by atoms with Crippen molar-refractivity contribution >= 4 is 37.4 Å². The molecule has 0 atom stereocenters. The van der Waals surface area contributed by atoms with Crippen molar-refractivity contribution in [3.8, 4) is 27.7 Å². The van der Waals surface area contributed by atoms with Crippen LogP contribution in [-0.2, 0) is 5.92 Å². The smallest absolute Gasteiger partial charge is 0.271 e. The van der Waals surface area contributed by atoms with E-state index in [0.29, 0.717) is 28.7 Å². The number of alkyl halides is 3. The van der Waals surface area contributed by atoms with Gasteiger partial charge in [-0.2, -0.15) is 0 Å². The average Bonchev–Trinajstić information content (AvgIpc) is 3.11. The molecule has 0 fully saturated rings. The van der Waals surface area contributed by atoms with Crippen LogP contribution in [0.1, 0.15) is 12.5 Å². The molecular formula is C24H18BrF3O2S. The van der Waals surface area contributed by atoms with E-state index >= 15 is 0 Å². The lowest BCUT2D eigenvalue weighted by atomic mass is 10.00. The number of ether oxygens (including phenoxy) is 2. The summed E-state index contributed by atoms with van der Waals surface area (Å²) in [5.74, 6) is -2.20. The molecule has 0 saturated carbocycles. The second-order valence-corrected chi connectivity index (χ2v) is 8.79. The maximum absolute atomic E-state index is 14.3. The fourth-order valence-corrected chi connectivity index (χ4v) is 4.59. The Labute approximate surface area is 190 Å². The van der Waals surface area contributed by atoms with E-state index in [4.69, 9.17) is 9.47 Å². The molecule has 2 nitrogen and oxygen atoms in total. The van der Waals surface area contributed by atoms with Crippen molar-refractivity contribution in [1.82, 2.24) is 0 Å². The molecule has 4 rings (SSSR count). The maximum atomic E-state index is 14.3. The average molecular weight is 507 g/mol. The third-order valence-electron chi connectivity index (χ3n) is 4.64. The highest BCUT2D eigenvalue weighted by Gasteiger charge is 2.31. The monoisotopic (exact) mass is 506 g/mol. The standard InChI is InChI=1S/C24H18BrF3O2S/c1-24(27,28)20-14-15(26)6-11-18(20)23-22(19-4-2-3-5-21(19)31-23)30-17-9-7-16(8-10-17)29-13-12-25/h2-11,14H,12-13H2,1H3. The Morgan fingerprint density at radius 1 is 0.968 bits per heavy atom. The lowest BCUT2D eigenvalue weighted by Crippen LogP contribution is -2.09. The molecule has 160 valence electrons. The number of halogens is 4. The maximum Gasteiger partial charge on any atom is 0.271 e. The summed E-state index contributed by atoms with van der Waals surface area (Å²) in [6, 6.07) is 18.1. The van der Waals surface area contributed by atoms with Gasteiger partial charge in [0.05, 0.1) is 11.5 Å². The molecule has 4 aromatic rings. The van der Waals surface area contributed by atoms with Crippen LogP contribution in [0.15, 0.2) is 66.7 Å². The van der Waals surface area contributed by atoms with Gasteiger partial charge in [0, 0.05) is 33.5 Å². The molecule has 0 amide bonds. The fourth-order valence-electron chi connectivity index (χ4n) is 3.26. The van der Waals surface area contributed by atoms with Crippen LogP contribution in [0.3, 0.4) is 0 Å². The number of thiophene rings is 1. The molecule has 0 saturated heterocycles. The van der Waals surface area contributed by atoms with Gasteiger partial charge < -0.3 is 9.47 Å². The van der Waals surface area contributed by atoms with Crippen LogP contribution < -0.4 is 9.47 Å².